The lowest BCUT2D eigenvalue weighted by atomic mass is 10.2. The highest BCUT2D eigenvalue weighted by Crippen LogP contribution is 2.10. The molecule has 1 aromatic heterocycles. The normalized spacial score (nSPS) is 9.67. The van der Waals surface area contributed by atoms with Gasteiger partial charge in [-0.05, 0) is 17.8 Å². The Hall–Kier alpha value is -3.13. The number of aromatic amines is 1. The lowest BCUT2D eigenvalue weighted by Gasteiger charge is -2.00. The first-order valence-electron chi connectivity index (χ1n) is 6.93. The van der Waals surface area contributed by atoms with Gasteiger partial charge in [0, 0.05) is 17.7 Å². The zero-order valence-corrected chi connectivity index (χ0v) is 13.3. The van der Waals surface area contributed by atoms with E-state index in [1.165, 1.54) is 29.8 Å². The molecule has 0 bridgehead atoms. The van der Waals surface area contributed by atoms with Crippen molar-refractivity contribution in [3.63, 3.8) is 0 Å². The summed E-state index contributed by atoms with van der Waals surface area (Å²) in [5, 5.41) is 16.7. The second-order valence-electron chi connectivity index (χ2n) is 4.74. The summed E-state index contributed by atoms with van der Waals surface area (Å²) in [4.78, 5) is 19.8. The summed E-state index contributed by atoms with van der Waals surface area (Å²) in [5.41, 5.74) is 1.48. The number of aldehydes is 1. The molecule has 7 nitrogen and oxygen atoms in total. The van der Waals surface area contributed by atoms with Gasteiger partial charge in [-0.3, -0.25) is 20.0 Å². The molecular formula is C16H14N4O3S. The van der Waals surface area contributed by atoms with Gasteiger partial charge < -0.3 is 4.57 Å². The van der Waals surface area contributed by atoms with Crippen molar-refractivity contribution in [1.82, 2.24) is 14.8 Å². The minimum atomic E-state index is -0.535. The monoisotopic (exact) mass is 342 g/mol. The van der Waals surface area contributed by atoms with Crippen LogP contribution < -0.4 is 0 Å². The minimum Gasteiger partial charge on any atom is -0.302 e. The molecule has 2 aromatic carbocycles. The molecule has 0 saturated heterocycles. The molecule has 1 heterocycles. The maximum atomic E-state index is 10.2. The Morgan fingerprint density at radius 3 is 2.54 bits per heavy atom. The Balaban J connectivity index is 0.000000177. The SMILES string of the molecule is O=Cc1cccc([N+](=O)[O-])c1.S=c1[nH]ncn1Cc1ccccc1. The van der Waals surface area contributed by atoms with Gasteiger partial charge in [0.2, 0.25) is 0 Å². The standard InChI is InChI=1S/C9H9N3S.C7H5NO3/c13-9-11-10-7-12(9)6-8-4-2-1-3-5-8;9-5-6-2-1-3-7(4-6)8(10)11/h1-5,7H,6H2,(H,11,13);1-5H. The van der Waals surface area contributed by atoms with Gasteiger partial charge >= 0.3 is 0 Å². The Labute approximate surface area is 142 Å². The van der Waals surface area contributed by atoms with Crippen molar-refractivity contribution in [3.8, 4) is 0 Å². The number of hydrogen-bond donors (Lipinski definition) is 1. The number of rotatable bonds is 4. The highest BCUT2D eigenvalue weighted by molar-refractivity contribution is 7.71. The third-order valence-electron chi connectivity index (χ3n) is 3.03. The van der Waals surface area contributed by atoms with Gasteiger partial charge in [-0.1, -0.05) is 42.5 Å². The second-order valence-corrected chi connectivity index (χ2v) is 5.13. The first-order valence-corrected chi connectivity index (χ1v) is 7.34. The molecule has 8 heteroatoms. The van der Waals surface area contributed by atoms with Crippen molar-refractivity contribution < 1.29 is 9.72 Å². The average Bonchev–Trinajstić information content (AvgIpc) is 3.01. The average molecular weight is 342 g/mol. The fraction of sp³-hybridized carbons (Fsp3) is 0.0625. The van der Waals surface area contributed by atoms with E-state index in [4.69, 9.17) is 12.2 Å². The number of H-pyrrole nitrogens is 1. The zero-order valence-electron chi connectivity index (χ0n) is 12.5. The lowest BCUT2D eigenvalue weighted by molar-refractivity contribution is -0.384. The van der Waals surface area contributed by atoms with Gasteiger partial charge in [-0.2, -0.15) is 5.10 Å². The van der Waals surface area contributed by atoms with Crippen molar-refractivity contribution in [2.45, 2.75) is 6.54 Å². The van der Waals surface area contributed by atoms with Crippen LogP contribution in [0.3, 0.4) is 0 Å². The molecule has 0 aliphatic heterocycles. The first-order chi connectivity index (χ1) is 11.6. The van der Waals surface area contributed by atoms with Gasteiger partial charge in [0.25, 0.3) is 5.69 Å². The van der Waals surface area contributed by atoms with E-state index in [0.717, 1.165) is 6.54 Å². The van der Waals surface area contributed by atoms with Crippen molar-refractivity contribution in [2.24, 2.45) is 0 Å². The van der Waals surface area contributed by atoms with Crippen molar-refractivity contribution >= 4 is 24.2 Å². The van der Waals surface area contributed by atoms with Crippen LogP contribution >= 0.6 is 12.2 Å². The Kier molecular flexibility index (Phi) is 6.09. The summed E-state index contributed by atoms with van der Waals surface area (Å²) in [6.45, 7) is 0.774. The van der Waals surface area contributed by atoms with Gasteiger partial charge in [0.15, 0.2) is 4.77 Å². The van der Waals surface area contributed by atoms with E-state index in [1.54, 1.807) is 6.33 Å². The van der Waals surface area contributed by atoms with E-state index in [9.17, 15) is 14.9 Å². The van der Waals surface area contributed by atoms with Gasteiger partial charge in [0.05, 0.1) is 11.5 Å². The Bertz CT molecular complexity index is 874. The molecule has 0 fully saturated rings. The molecular weight excluding hydrogens is 328 g/mol. The number of nitrogens with one attached hydrogen (secondary N) is 1. The molecule has 122 valence electrons. The number of nitrogens with zero attached hydrogens (tertiary/aromatic N) is 3. The van der Waals surface area contributed by atoms with Crippen LogP contribution in [0.15, 0.2) is 60.9 Å². The number of nitro groups is 1. The second kappa shape index (κ2) is 8.49. The predicted molar refractivity (Wildman–Crippen MR) is 91.4 cm³/mol. The summed E-state index contributed by atoms with van der Waals surface area (Å²) in [5.74, 6) is 0. The fourth-order valence-corrected chi connectivity index (χ4v) is 2.04. The smallest absolute Gasteiger partial charge is 0.270 e. The lowest BCUT2D eigenvalue weighted by Crippen LogP contribution is -1.97. The van der Waals surface area contributed by atoms with Crippen LogP contribution in [0.4, 0.5) is 5.69 Å². The number of carbonyl (C=O) groups excluding carboxylic acids is 1. The fourth-order valence-electron chi connectivity index (χ4n) is 1.87. The molecule has 0 aliphatic carbocycles. The number of hydrogen-bond acceptors (Lipinski definition) is 5. The minimum absolute atomic E-state index is 0.0606. The number of carbonyl (C=O) groups is 1. The molecule has 1 N–H and O–H groups in total. The Morgan fingerprint density at radius 2 is 1.96 bits per heavy atom. The molecule has 0 saturated carbocycles. The van der Waals surface area contributed by atoms with E-state index in [2.05, 4.69) is 22.3 Å². The molecule has 0 amide bonds. The number of non-ortho nitro benzene ring substituents is 1. The number of aromatic nitrogens is 3. The number of nitro benzene ring substituents is 1. The highest BCUT2D eigenvalue weighted by Gasteiger charge is 2.03. The molecule has 0 unspecified atom stereocenters. The molecule has 0 aliphatic rings. The van der Waals surface area contributed by atoms with Crippen LogP contribution in [-0.2, 0) is 6.54 Å². The van der Waals surface area contributed by atoms with E-state index >= 15 is 0 Å². The molecule has 0 radical (unpaired) electrons. The van der Waals surface area contributed by atoms with Gasteiger partial charge in [-0.25, -0.2) is 0 Å². The predicted octanol–water partition coefficient (Wildman–Crippen LogP) is 3.40. The summed E-state index contributed by atoms with van der Waals surface area (Å²) >= 11 is 5.03. The molecule has 3 aromatic rings. The maximum Gasteiger partial charge on any atom is 0.270 e. The first kappa shape index (κ1) is 17.2. The largest absolute Gasteiger partial charge is 0.302 e. The van der Waals surface area contributed by atoms with E-state index in [0.29, 0.717) is 16.6 Å². The van der Waals surface area contributed by atoms with Crippen LogP contribution in [-0.4, -0.2) is 26.0 Å². The third-order valence-corrected chi connectivity index (χ3v) is 3.36. The van der Waals surface area contributed by atoms with Crippen molar-refractivity contribution in [2.75, 3.05) is 0 Å². The molecule has 24 heavy (non-hydrogen) atoms. The van der Waals surface area contributed by atoms with Crippen LogP contribution in [0.1, 0.15) is 15.9 Å². The van der Waals surface area contributed by atoms with Gasteiger partial charge in [0.1, 0.15) is 12.6 Å². The van der Waals surface area contributed by atoms with E-state index in [1.807, 2.05) is 22.8 Å². The van der Waals surface area contributed by atoms with E-state index in [-0.39, 0.29) is 5.69 Å². The zero-order chi connectivity index (χ0) is 17.4. The van der Waals surface area contributed by atoms with Crippen LogP contribution in [0.5, 0.6) is 0 Å². The van der Waals surface area contributed by atoms with E-state index < -0.39 is 4.92 Å². The highest BCUT2D eigenvalue weighted by atomic mass is 32.1. The molecule has 0 spiro atoms. The third kappa shape index (κ3) is 4.96. The topological polar surface area (TPSA) is 93.8 Å². The van der Waals surface area contributed by atoms with Crippen LogP contribution in [0.25, 0.3) is 0 Å². The maximum absolute atomic E-state index is 10.2. The molecule has 0 atom stereocenters. The quantitative estimate of drug-likeness (QED) is 0.339. The van der Waals surface area contributed by atoms with Crippen molar-refractivity contribution in [1.29, 1.82) is 0 Å². The van der Waals surface area contributed by atoms with Crippen LogP contribution in [0.2, 0.25) is 0 Å². The Morgan fingerprint density at radius 1 is 1.21 bits per heavy atom. The van der Waals surface area contributed by atoms with Crippen molar-refractivity contribution in [3.05, 3.63) is 86.9 Å². The van der Waals surface area contributed by atoms with Gasteiger partial charge in [-0.15, -0.1) is 0 Å². The summed E-state index contributed by atoms with van der Waals surface area (Å²) in [6.07, 6.45) is 2.28. The summed E-state index contributed by atoms with van der Waals surface area (Å²) < 4.78 is 2.55. The summed E-state index contributed by atoms with van der Waals surface area (Å²) in [6, 6.07) is 15.7. The van der Waals surface area contributed by atoms with Crippen LogP contribution in [0, 0.1) is 14.9 Å². The number of benzene rings is 2. The molecule has 3 rings (SSSR count). The summed E-state index contributed by atoms with van der Waals surface area (Å²) in [7, 11) is 0.